The number of ether oxygens (including phenoxy) is 1. The molecule has 4 rings (SSSR count). The number of rotatable bonds is 4. The summed E-state index contributed by atoms with van der Waals surface area (Å²) >= 11 is 0. The third kappa shape index (κ3) is 4.18. The van der Waals surface area contributed by atoms with Gasteiger partial charge < -0.3 is 14.2 Å². The van der Waals surface area contributed by atoms with Gasteiger partial charge in [-0.3, -0.25) is 0 Å². The van der Waals surface area contributed by atoms with E-state index in [9.17, 15) is 26.3 Å². The number of H-pyrrole nitrogens is 1. The van der Waals surface area contributed by atoms with E-state index in [0.717, 1.165) is 17.6 Å². The number of hydrogen-bond donors (Lipinski definition) is 1. The average Bonchev–Trinajstić information content (AvgIpc) is 3.35. The van der Waals surface area contributed by atoms with Gasteiger partial charge in [-0.05, 0) is 43.3 Å². The lowest BCUT2D eigenvalue weighted by Crippen LogP contribution is -2.31. The molecule has 0 unspecified atom stereocenters. The minimum absolute atomic E-state index is 0.111. The van der Waals surface area contributed by atoms with Crippen LogP contribution in [0.4, 0.5) is 26.3 Å². The Hall–Kier alpha value is -3.57. The first-order chi connectivity index (χ1) is 14.5. The van der Waals surface area contributed by atoms with Crippen LogP contribution in [-0.2, 0) is 6.18 Å². The molecule has 2 aromatic carbocycles. The van der Waals surface area contributed by atoms with Gasteiger partial charge in [0.25, 0.3) is 5.89 Å². The van der Waals surface area contributed by atoms with Gasteiger partial charge in [-0.2, -0.15) is 31.3 Å². The van der Waals surface area contributed by atoms with Crippen LogP contribution in [0.15, 0.2) is 47.2 Å². The fourth-order valence-electron chi connectivity index (χ4n) is 2.77. The van der Waals surface area contributed by atoms with Gasteiger partial charge >= 0.3 is 12.4 Å². The number of imidazole rings is 1. The van der Waals surface area contributed by atoms with Crippen LogP contribution < -0.4 is 4.74 Å². The first kappa shape index (κ1) is 20.7. The number of nitrogens with one attached hydrogen (secondary N) is 1. The Morgan fingerprint density at radius 2 is 1.74 bits per heavy atom. The Morgan fingerprint density at radius 3 is 2.45 bits per heavy atom. The molecule has 1 atom stereocenters. The van der Waals surface area contributed by atoms with E-state index in [1.165, 1.54) is 6.33 Å². The van der Waals surface area contributed by atoms with Gasteiger partial charge in [0.15, 0.2) is 6.10 Å². The molecule has 0 saturated carbocycles. The van der Waals surface area contributed by atoms with Gasteiger partial charge in [0.1, 0.15) is 5.75 Å². The van der Waals surface area contributed by atoms with Crippen LogP contribution in [-0.4, -0.2) is 32.4 Å². The van der Waals surface area contributed by atoms with E-state index in [1.54, 1.807) is 18.2 Å². The Morgan fingerprint density at radius 1 is 1.00 bits per heavy atom. The summed E-state index contributed by atoms with van der Waals surface area (Å²) in [6, 6.07) is 7.57. The summed E-state index contributed by atoms with van der Waals surface area (Å²) in [5.74, 6) is -1.08. The molecule has 4 aromatic rings. The fourth-order valence-corrected chi connectivity index (χ4v) is 2.77. The summed E-state index contributed by atoms with van der Waals surface area (Å²) in [5, 5.41) is 3.76. The van der Waals surface area contributed by atoms with Crippen molar-refractivity contribution < 1.29 is 35.6 Å². The highest BCUT2D eigenvalue weighted by Gasteiger charge is 2.41. The highest BCUT2D eigenvalue weighted by molar-refractivity contribution is 5.80. The largest absolute Gasteiger partial charge is 0.481 e. The van der Waals surface area contributed by atoms with Gasteiger partial charge in [0.05, 0.1) is 22.9 Å². The lowest BCUT2D eigenvalue weighted by molar-refractivity contribution is -0.191. The van der Waals surface area contributed by atoms with Crippen LogP contribution in [0.2, 0.25) is 0 Å². The molecule has 2 heterocycles. The molecule has 2 aromatic heterocycles. The molecule has 0 aliphatic heterocycles. The number of fused-ring (bicyclic) bond motifs is 1. The lowest BCUT2D eigenvalue weighted by atomic mass is 10.1. The summed E-state index contributed by atoms with van der Waals surface area (Å²) < 4.78 is 88.0. The number of nitrogens with zero attached hydrogens (tertiary/aromatic N) is 3. The topological polar surface area (TPSA) is 76.8 Å². The average molecular weight is 442 g/mol. The number of alkyl halides is 6. The highest BCUT2D eigenvalue weighted by atomic mass is 19.4. The number of halogens is 6. The van der Waals surface area contributed by atoms with Gasteiger partial charge in [0, 0.05) is 11.1 Å². The smallest absolute Gasteiger partial charge is 0.425 e. The maximum Gasteiger partial charge on any atom is 0.425 e. The molecule has 0 aliphatic carbocycles. The molecule has 162 valence electrons. The third-order valence-electron chi connectivity index (χ3n) is 4.40. The van der Waals surface area contributed by atoms with Gasteiger partial charge in [-0.25, -0.2) is 4.98 Å². The normalized spacial score (nSPS) is 13.5. The summed E-state index contributed by atoms with van der Waals surface area (Å²) in [6.45, 7) is 0.620. The number of benzene rings is 2. The number of aromatic nitrogens is 4. The Balaban J connectivity index is 1.68. The second kappa shape index (κ2) is 7.29. The van der Waals surface area contributed by atoms with Crippen molar-refractivity contribution in [1.29, 1.82) is 0 Å². The van der Waals surface area contributed by atoms with Crippen molar-refractivity contribution >= 4 is 11.0 Å². The Kier molecular flexibility index (Phi) is 4.86. The van der Waals surface area contributed by atoms with Crippen LogP contribution >= 0.6 is 0 Å². The molecular formula is C19H12F6N4O2. The van der Waals surface area contributed by atoms with Crippen molar-refractivity contribution in [3.8, 4) is 28.6 Å². The zero-order valence-electron chi connectivity index (χ0n) is 15.5. The predicted octanol–water partition coefficient (Wildman–Crippen LogP) is 5.63. The van der Waals surface area contributed by atoms with Crippen molar-refractivity contribution in [3.05, 3.63) is 48.3 Å². The number of aromatic amines is 1. The zero-order valence-corrected chi connectivity index (χ0v) is 15.5. The zero-order chi connectivity index (χ0) is 22.4. The van der Waals surface area contributed by atoms with Crippen molar-refractivity contribution in [3.63, 3.8) is 0 Å². The van der Waals surface area contributed by atoms with E-state index >= 15 is 0 Å². The van der Waals surface area contributed by atoms with Gasteiger partial charge in [0.2, 0.25) is 5.82 Å². The van der Waals surface area contributed by atoms with Crippen molar-refractivity contribution in [2.24, 2.45) is 0 Å². The third-order valence-corrected chi connectivity index (χ3v) is 4.40. The second-order valence-corrected chi connectivity index (χ2v) is 6.57. The molecular weight excluding hydrogens is 430 g/mol. The van der Waals surface area contributed by atoms with Crippen molar-refractivity contribution in [2.75, 3.05) is 0 Å². The lowest BCUT2D eigenvalue weighted by Gasteiger charge is -2.20. The Labute approximate surface area is 169 Å². The molecule has 0 aliphatic rings. The molecule has 0 amide bonds. The summed E-state index contributed by atoms with van der Waals surface area (Å²) in [7, 11) is 0. The molecule has 31 heavy (non-hydrogen) atoms. The van der Waals surface area contributed by atoms with Crippen LogP contribution in [0.5, 0.6) is 5.75 Å². The SMILES string of the molecule is C[C@@H](Oc1ccc(-c2nc(-c3ccc4[nH]cnc4c3)no2)cc1C(F)(F)F)C(F)(F)F. The molecule has 0 fully saturated rings. The monoisotopic (exact) mass is 442 g/mol. The quantitative estimate of drug-likeness (QED) is 0.415. The maximum absolute atomic E-state index is 13.4. The highest BCUT2D eigenvalue weighted by Crippen LogP contribution is 2.40. The van der Waals surface area contributed by atoms with Crippen molar-refractivity contribution in [2.45, 2.75) is 25.4 Å². The van der Waals surface area contributed by atoms with Crippen LogP contribution in [0.25, 0.3) is 33.9 Å². The molecule has 12 heteroatoms. The van der Waals surface area contributed by atoms with E-state index in [0.29, 0.717) is 24.1 Å². The van der Waals surface area contributed by atoms with Crippen LogP contribution in [0.3, 0.4) is 0 Å². The fraction of sp³-hybridized carbons (Fsp3) is 0.211. The van der Waals surface area contributed by atoms with Crippen molar-refractivity contribution in [1.82, 2.24) is 20.1 Å². The van der Waals surface area contributed by atoms with E-state index in [-0.39, 0.29) is 17.3 Å². The van der Waals surface area contributed by atoms with Gasteiger partial charge in [-0.15, -0.1) is 0 Å². The minimum atomic E-state index is -4.97. The van der Waals surface area contributed by atoms with E-state index in [2.05, 4.69) is 24.8 Å². The molecule has 6 nitrogen and oxygen atoms in total. The summed E-state index contributed by atoms with van der Waals surface area (Å²) in [6.07, 6.45) is -10.7. The molecule has 0 radical (unpaired) electrons. The van der Waals surface area contributed by atoms with Crippen LogP contribution in [0.1, 0.15) is 12.5 Å². The first-order valence-corrected chi connectivity index (χ1v) is 8.74. The standard InChI is InChI=1S/C19H12F6N4O2/c1-9(18(20,21)22)30-15-5-3-11(6-12(15)19(23,24)25)17-28-16(29-31-17)10-2-4-13-14(7-10)27-8-26-13/h2-9H,1H3,(H,26,27)/t9-/m1/s1. The minimum Gasteiger partial charge on any atom is -0.481 e. The van der Waals surface area contributed by atoms with E-state index < -0.39 is 29.8 Å². The van der Waals surface area contributed by atoms with E-state index in [4.69, 9.17) is 4.52 Å². The van der Waals surface area contributed by atoms with Gasteiger partial charge in [-0.1, -0.05) is 5.16 Å². The molecule has 1 N–H and O–H groups in total. The van der Waals surface area contributed by atoms with Crippen LogP contribution in [0, 0.1) is 0 Å². The maximum atomic E-state index is 13.4. The molecule has 0 saturated heterocycles. The Bertz CT molecular complexity index is 1230. The molecule has 0 spiro atoms. The van der Waals surface area contributed by atoms with E-state index in [1.807, 2.05) is 0 Å². The second-order valence-electron chi connectivity index (χ2n) is 6.57. The predicted molar refractivity (Wildman–Crippen MR) is 96.0 cm³/mol. The molecule has 0 bridgehead atoms. The summed E-state index contributed by atoms with van der Waals surface area (Å²) in [4.78, 5) is 11.1. The summed E-state index contributed by atoms with van der Waals surface area (Å²) in [5.41, 5.74) is 0.400. The number of hydrogen-bond acceptors (Lipinski definition) is 5. The first-order valence-electron chi connectivity index (χ1n) is 8.74.